The summed E-state index contributed by atoms with van der Waals surface area (Å²) in [4.78, 5) is 14.1. The molecule has 1 aliphatic rings. The molecule has 1 aromatic rings. The number of primary amides is 1. The monoisotopic (exact) mass is 278 g/mol. The average Bonchev–Trinajstić information content (AvgIpc) is 2.47. The first-order valence-corrected chi connectivity index (χ1v) is 7.08. The first kappa shape index (κ1) is 15.0. The van der Waals surface area contributed by atoms with Gasteiger partial charge in [-0.15, -0.1) is 0 Å². The molecular weight excluding hydrogens is 254 g/mol. The molecule has 1 aromatic carbocycles. The maximum absolute atomic E-state index is 11.9. The van der Waals surface area contributed by atoms with Gasteiger partial charge in [0.1, 0.15) is 11.1 Å². The minimum absolute atomic E-state index is 0.240. The Kier molecular flexibility index (Phi) is 5.11. The van der Waals surface area contributed by atoms with Gasteiger partial charge in [-0.1, -0.05) is 18.2 Å². The summed E-state index contributed by atoms with van der Waals surface area (Å²) in [6, 6.07) is 10.1. The minimum Gasteiger partial charge on any atom is -0.379 e. The molecule has 5 heteroatoms. The van der Waals surface area contributed by atoms with E-state index in [4.69, 9.17) is 10.5 Å². The Bertz CT molecular complexity index is 432. The summed E-state index contributed by atoms with van der Waals surface area (Å²) in [6.07, 6.45) is 0. The number of carbonyl (C=O) groups excluding carboxylic acids is 1. The van der Waals surface area contributed by atoms with Crippen LogP contribution in [0.5, 0.6) is 0 Å². The Morgan fingerprint density at radius 1 is 1.35 bits per heavy atom. The number of benzene rings is 1. The SMILES string of the molecule is CC(C[NH2+]c1ccccc1)(CN1CCOCC1)C(N)=O. The highest BCUT2D eigenvalue weighted by Gasteiger charge is 2.36. The summed E-state index contributed by atoms with van der Waals surface area (Å²) in [7, 11) is 0. The number of rotatable bonds is 6. The lowest BCUT2D eigenvalue weighted by Crippen LogP contribution is -2.83. The van der Waals surface area contributed by atoms with Gasteiger partial charge >= 0.3 is 0 Å². The maximum atomic E-state index is 11.9. The second kappa shape index (κ2) is 6.83. The Balaban J connectivity index is 1.95. The number of hydrogen-bond acceptors (Lipinski definition) is 3. The van der Waals surface area contributed by atoms with E-state index in [1.807, 2.05) is 37.3 Å². The Morgan fingerprint density at radius 2 is 2.00 bits per heavy atom. The summed E-state index contributed by atoms with van der Waals surface area (Å²) in [6.45, 7) is 6.50. The van der Waals surface area contributed by atoms with Crippen molar-refractivity contribution in [1.29, 1.82) is 0 Å². The molecule has 1 aliphatic heterocycles. The van der Waals surface area contributed by atoms with Crippen molar-refractivity contribution >= 4 is 11.6 Å². The van der Waals surface area contributed by atoms with E-state index >= 15 is 0 Å². The van der Waals surface area contributed by atoms with Crippen molar-refractivity contribution in [3.05, 3.63) is 30.3 Å². The second-order valence-corrected chi connectivity index (χ2v) is 5.63. The molecule has 1 unspecified atom stereocenters. The van der Waals surface area contributed by atoms with E-state index in [-0.39, 0.29) is 5.91 Å². The van der Waals surface area contributed by atoms with Gasteiger partial charge in [-0.25, -0.2) is 0 Å². The number of nitrogens with two attached hydrogens (primary N) is 2. The highest BCUT2D eigenvalue weighted by atomic mass is 16.5. The topological polar surface area (TPSA) is 72.2 Å². The van der Waals surface area contributed by atoms with E-state index in [1.165, 1.54) is 0 Å². The molecule has 0 radical (unpaired) electrons. The highest BCUT2D eigenvalue weighted by Crippen LogP contribution is 2.16. The normalized spacial score (nSPS) is 19.4. The third kappa shape index (κ3) is 4.03. The molecular formula is C15H24N3O2+. The Labute approximate surface area is 120 Å². The van der Waals surface area contributed by atoms with Crippen molar-refractivity contribution in [2.75, 3.05) is 39.4 Å². The van der Waals surface area contributed by atoms with Gasteiger partial charge in [0.15, 0.2) is 0 Å². The third-order valence-electron chi connectivity index (χ3n) is 3.86. The summed E-state index contributed by atoms with van der Waals surface area (Å²) >= 11 is 0. The smallest absolute Gasteiger partial charge is 0.230 e. The number of para-hydroxylation sites is 1. The minimum atomic E-state index is -0.535. The van der Waals surface area contributed by atoms with Gasteiger partial charge in [-0.3, -0.25) is 9.69 Å². The lowest BCUT2D eigenvalue weighted by molar-refractivity contribution is -0.582. The number of morpholine rings is 1. The van der Waals surface area contributed by atoms with Crippen LogP contribution in [0.15, 0.2) is 30.3 Å². The fourth-order valence-corrected chi connectivity index (χ4v) is 2.43. The molecule has 0 aromatic heterocycles. The van der Waals surface area contributed by atoms with Crippen LogP contribution in [0.25, 0.3) is 0 Å². The van der Waals surface area contributed by atoms with Crippen LogP contribution in [0, 0.1) is 5.41 Å². The quantitative estimate of drug-likeness (QED) is 0.702. The molecule has 110 valence electrons. The van der Waals surface area contributed by atoms with Gasteiger partial charge in [0.25, 0.3) is 0 Å². The van der Waals surface area contributed by atoms with Gasteiger partial charge in [0, 0.05) is 19.6 Å². The van der Waals surface area contributed by atoms with Crippen molar-refractivity contribution in [2.45, 2.75) is 6.92 Å². The van der Waals surface area contributed by atoms with Gasteiger partial charge in [0.05, 0.1) is 19.8 Å². The van der Waals surface area contributed by atoms with E-state index in [1.54, 1.807) is 0 Å². The molecule has 1 heterocycles. The maximum Gasteiger partial charge on any atom is 0.230 e. The van der Waals surface area contributed by atoms with E-state index in [9.17, 15) is 4.79 Å². The molecule has 4 N–H and O–H groups in total. The lowest BCUT2D eigenvalue weighted by atomic mass is 9.88. The van der Waals surface area contributed by atoms with Crippen LogP contribution in [-0.4, -0.2) is 50.2 Å². The van der Waals surface area contributed by atoms with E-state index in [2.05, 4.69) is 10.2 Å². The van der Waals surface area contributed by atoms with Crippen LogP contribution in [0.3, 0.4) is 0 Å². The van der Waals surface area contributed by atoms with E-state index in [0.717, 1.165) is 32.0 Å². The Morgan fingerprint density at radius 3 is 2.60 bits per heavy atom. The zero-order chi connectivity index (χ0) is 14.4. The second-order valence-electron chi connectivity index (χ2n) is 5.63. The first-order chi connectivity index (χ1) is 9.60. The van der Waals surface area contributed by atoms with Crippen LogP contribution in [0.2, 0.25) is 0 Å². The van der Waals surface area contributed by atoms with Crippen LogP contribution >= 0.6 is 0 Å². The third-order valence-corrected chi connectivity index (χ3v) is 3.86. The molecule has 1 atom stereocenters. The van der Waals surface area contributed by atoms with Crippen molar-refractivity contribution in [3.8, 4) is 0 Å². The molecule has 5 nitrogen and oxygen atoms in total. The zero-order valence-electron chi connectivity index (χ0n) is 12.0. The predicted molar refractivity (Wildman–Crippen MR) is 77.5 cm³/mol. The van der Waals surface area contributed by atoms with E-state index < -0.39 is 5.41 Å². The summed E-state index contributed by atoms with van der Waals surface area (Å²) < 4.78 is 5.34. The molecule has 0 saturated carbocycles. The molecule has 0 spiro atoms. The van der Waals surface area contributed by atoms with E-state index in [0.29, 0.717) is 13.1 Å². The van der Waals surface area contributed by atoms with Crippen molar-refractivity contribution in [1.82, 2.24) is 4.90 Å². The van der Waals surface area contributed by atoms with Crippen molar-refractivity contribution in [2.24, 2.45) is 11.1 Å². The van der Waals surface area contributed by atoms with Gasteiger partial charge in [-0.2, -0.15) is 0 Å². The Hall–Kier alpha value is -1.43. The summed E-state index contributed by atoms with van der Waals surface area (Å²) in [5.41, 5.74) is 6.23. The molecule has 1 fully saturated rings. The zero-order valence-corrected chi connectivity index (χ0v) is 12.0. The number of nitrogens with zero attached hydrogens (tertiary/aromatic N) is 1. The first-order valence-electron chi connectivity index (χ1n) is 7.08. The lowest BCUT2D eigenvalue weighted by Gasteiger charge is -2.34. The number of quaternary nitrogens is 1. The van der Waals surface area contributed by atoms with Crippen LogP contribution < -0.4 is 11.1 Å². The largest absolute Gasteiger partial charge is 0.379 e. The molecule has 0 aliphatic carbocycles. The van der Waals surface area contributed by atoms with Crippen molar-refractivity contribution < 1.29 is 14.8 Å². The standard InChI is InChI=1S/C15H23N3O2/c1-15(14(16)19,12-18-7-9-20-10-8-18)11-17-13-5-3-2-4-6-13/h2-6,17H,7-12H2,1H3,(H2,16,19)/p+1. The molecule has 1 saturated heterocycles. The fourth-order valence-electron chi connectivity index (χ4n) is 2.43. The number of carbonyl (C=O) groups is 1. The number of amides is 1. The molecule has 2 rings (SSSR count). The fraction of sp³-hybridized carbons (Fsp3) is 0.533. The van der Waals surface area contributed by atoms with Crippen LogP contribution in [-0.2, 0) is 9.53 Å². The van der Waals surface area contributed by atoms with Crippen LogP contribution in [0.4, 0.5) is 5.69 Å². The summed E-state index contributed by atoms with van der Waals surface area (Å²) in [5, 5.41) is 2.09. The molecule has 0 bridgehead atoms. The molecule has 1 amide bonds. The van der Waals surface area contributed by atoms with Crippen molar-refractivity contribution in [3.63, 3.8) is 0 Å². The van der Waals surface area contributed by atoms with Gasteiger partial charge in [-0.05, 0) is 19.1 Å². The molecule has 20 heavy (non-hydrogen) atoms. The predicted octanol–water partition coefficient (Wildman–Crippen LogP) is -0.295. The highest BCUT2D eigenvalue weighted by molar-refractivity contribution is 5.80. The summed E-state index contributed by atoms with van der Waals surface area (Å²) in [5.74, 6) is -0.240. The van der Waals surface area contributed by atoms with Gasteiger partial charge < -0.3 is 15.8 Å². The number of hydrogen-bond donors (Lipinski definition) is 2. The van der Waals surface area contributed by atoms with Crippen LogP contribution in [0.1, 0.15) is 6.92 Å². The number of ether oxygens (including phenoxy) is 1. The van der Waals surface area contributed by atoms with Gasteiger partial charge in [0.2, 0.25) is 5.91 Å². The average molecular weight is 278 g/mol.